The van der Waals surface area contributed by atoms with E-state index < -0.39 is 91.5 Å². The molecule has 0 amide bonds. The van der Waals surface area contributed by atoms with Gasteiger partial charge >= 0.3 is 33.6 Å². The molecule has 0 aliphatic heterocycles. The topological polar surface area (TPSA) is 231 Å². The van der Waals surface area contributed by atoms with E-state index in [1.165, 1.54) is 0 Å². The van der Waals surface area contributed by atoms with E-state index in [2.05, 4.69) is 161 Å². The van der Waals surface area contributed by atoms with Gasteiger partial charge in [0.15, 0.2) is 6.10 Å². The van der Waals surface area contributed by atoms with Crippen LogP contribution in [0.2, 0.25) is 0 Å². The van der Waals surface area contributed by atoms with Gasteiger partial charge in [0.2, 0.25) is 0 Å². The summed E-state index contributed by atoms with van der Waals surface area (Å²) in [5.74, 6) is -1.73. The Hall–Kier alpha value is -4.83. The third-order valence-corrected chi connectivity index (χ3v) is 14.1. The summed E-state index contributed by atoms with van der Waals surface area (Å²) in [6.07, 6.45) is 73.2. The van der Waals surface area contributed by atoms with E-state index in [0.717, 1.165) is 135 Å². The first-order chi connectivity index (χ1) is 42.2. The normalized spacial score (nSPS) is 15.3. The van der Waals surface area contributed by atoms with Gasteiger partial charge in [0.25, 0.3) is 0 Å². The van der Waals surface area contributed by atoms with Crippen molar-refractivity contribution in [3.05, 3.63) is 158 Å². The number of aliphatic hydroxyl groups excluding tert-OH is 2. The van der Waals surface area contributed by atoms with Crippen molar-refractivity contribution < 1.29 is 75.8 Å². The molecule has 0 radical (unpaired) electrons. The summed E-state index contributed by atoms with van der Waals surface area (Å²) in [5.41, 5.74) is 0. The average Bonchev–Trinajstić information content (AvgIpc) is 3.63. The summed E-state index contributed by atoms with van der Waals surface area (Å²) < 4.78 is 60.6. The summed E-state index contributed by atoms with van der Waals surface area (Å²) in [6.45, 7) is 2.17. The van der Waals surface area contributed by atoms with Gasteiger partial charge in [-0.25, -0.2) is 9.13 Å². The maximum absolute atomic E-state index is 12.9. The zero-order valence-corrected chi connectivity index (χ0v) is 54.7. The third kappa shape index (κ3) is 62.6. The number of rotatable bonds is 58. The lowest BCUT2D eigenvalue weighted by atomic mass is 10.1. The van der Waals surface area contributed by atoms with Crippen molar-refractivity contribution in [2.45, 2.75) is 219 Å². The molecular formula is C69H110O16P2. The molecule has 4 N–H and O–H groups in total. The first-order valence-electron chi connectivity index (χ1n) is 31.8. The Morgan fingerprint density at radius 1 is 0.333 bits per heavy atom. The molecule has 18 heteroatoms. The second kappa shape index (κ2) is 61.4. The van der Waals surface area contributed by atoms with Crippen LogP contribution in [0.1, 0.15) is 201 Å². The Labute approximate surface area is 523 Å². The molecule has 0 aromatic carbocycles. The molecule has 5 atom stereocenters. The van der Waals surface area contributed by atoms with Crippen LogP contribution in [0.4, 0.5) is 0 Å². The minimum Gasteiger partial charge on any atom is -0.463 e. The number of unbranched alkanes of at least 4 members (excludes halogenated alkanes) is 9. The molecule has 5 unspecified atom stereocenters. The monoisotopic (exact) mass is 1260 g/mol. The lowest BCUT2D eigenvalue weighted by Gasteiger charge is -2.21. The molecule has 492 valence electrons. The van der Waals surface area contributed by atoms with Gasteiger partial charge in [-0.15, -0.1) is 0 Å². The van der Waals surface area contributed by atoms with E-state index in [4.69, 9.17) is 32.3 Å². The summed E-state index contributed by atoms with van der Waals surface area (Å²) in [7, 11) is -9.82. The minimum atomic E-state index is -4.94. The van der Waals surface area contributed by atoms with E-state index in [1.54, 1.807) is 0 Å². The van der Waals surface area contributed by atoms with Gasteiger partial charge in [0.05, 0.1) is 26.4 Å². The zero-order chi connectivity index (χ0) is 63.8. The van der Waals surface area contributed by atoms with Crippen LogP contribution in [-0.2, 0) is 55.8 Å². The summed E-state index contributed by atoms with van der Waals surface area (Å²) in [5, 5.41) is 20.5. The smallest absolute Gasteiger partial charge is 0.463 e. The fourth-order valence-electron chi connectivity index (χ4n) is 7.42. The standard InChI is InChI=1S/C69H110O16P2/c1-4-7-10-13-16-19-22-25-27-29-31-33-35-38-40-43-46-49-52-55-67(72)79-58-64(70)59-81-86(75,76)82-60-65(71)61-83-87(77,78)84-63-66(85-69(74)57-54-51-48-45-42-37-24-21-18-15-12-9-6-3)62-80-68(73)56-53-50-47-44-41-39-36-34-32-30-28-26-23-20-17-14-11-8-5-2/h7-8,10-12,15-17,19-21,24-28,31-34,38-41,46,49,64-66,70-71H,4-6,9,13-14,18,22-23,29-30,35-37,42-45,47-48,50-63H2,1-3H3,(H,75,76)(H,77,78)/b10-7-,11-8-,15-12-,19-16-,20-17-,24-21-,27-25-,28-26-,33-31-,34-32-,40-38-,41-39-,49-46-. The quantitative estimate of drug-likeness (QED) is 0.0146. The number of hydrogen-bond donors (Lipinski definition) is 4. The van der Waals surface area contributed by atoms with E-state index in [-0.39, 0.29) is 19.3 Å². The molecule has 0 aliphatic rings. The van der Waals surface area contributed by atoms with E-state index >= 15 is 0 Å². The van der Waals surface area contributed by atoms with E-state index in [1.807, 2.05) is 18.2 Å². The van der Waals surface area contributed by atoms with Gasteiger partial charge < -0.3 is 34.2 Å². The highest BCUT2D eigenvalue weighted by atomic mass is 31.2. The van der Waals surface area contributed by atoms with Crippen LogP contribution in [0.5, 0.6) is 0 Å². The molecule has 0 aromatic heterocycles. The van der Waals surface area contributed by atoms with Gasteiger partial charge in [0, 0.05) is 19.3 Å². The van der Waals surface area contributed by atoms with Crippen LogP contribution >= 0.6 is 15.6 Å². The lowest BCUT2D eigenvalue weighted by Crippen LogP contribution is -2.30. The molecule has 0 saturated carbocycles. The van der Waals surface area contributed by atoms with Crippen LogP contribution in [0, 0.1) is 0 Å². The van der Waals surface area contributed by atoms with Crippen molar-refractivity contribution in [2.75, 3.05) is 39.6 Å². The number of ether oxygens (including phenoxy) is 3. The number of esters is 3. The molecule has 0 bridgehead atoms. The summed E-state index contributed by atoms with van der Waals surface area (Å²) >= 11 is 0. The molecule has 0 saturated heterocycles. The Morgan fingerprint density at radius 3 is 1.05 bits per heavy atom. The van der Waals surface area contributed by atoms with Crippen LogP contribution in [-0.4, -0.2) is 95.9 Å². The third-order valence-electron chi connectivity index (χ3n) is 12.2. The van der Waals surface area contributed by atoms with Crippen molar-refractivity contribution >= 4 is 33.6 Å². The highest BCUT2D eigenvalue weighted by molar-refractivity contribution is 7.47. The number of phosphoric acid groups is 2. The van der Waals surface area contributed by atoms with Crippen molar-refractivity contribution in [1.82, 2.24) is 0 Å². The molecule has 16 nitrogen and oxygen atoms in total. The van der Waals surface area contributed by atoms with Gasteiger partial charge in [0.1, 0.15) is 25.4 Å². The highest BCUT2D eigenvalue weighted by Gasteiger charge is 2.29. The van der Waals surface area contributed by atoms with Crippen molar-refractivity contribution in [3.8, 4) is 0 Å². The molecule has 0 heterocycles. The van der Waals surface area contributed by atoms with Crippen LogP contribution in [0.25, 0.3) is 0 Å². The van der Waals surface area contributed by atoms with Crippen LogP contribution in [0.15, 0.2) is 158 Å². The SMILES string of the molecule is CC/C=C\C/C=C\C/C=C\C/C=C\C/C=C\C/C=C\CCC(=O)OCC(O)COP(=O)(O)OCC(O)COP(=O)(O)OCC(COC(=O)CCCCC/C=C\C/C=C\C/C=C\C/C=C\C/C=C\CC)OC(=O)CCCCCCC/C=C\C/C=C\CCC. The van der Waals surface area contributed by atoms with Gasteiger partial charge in [-0.2, -0.15) is 0 Å². The van der Waals surface area contributed by atoms with Crippen molar-refractivity contribution in [3.63, 3.8) is 0 Å². The Balaban J connectivity index is 4.80. The Morgan fingerprint density at radius 2 is 0.632 bits per heavy atom. The summed E-state index contributed by atoms with van der Waals surface area (Å²) in [6, 6.07) is 0. The molecule has 87 heavy (non-hydrogen) atoms. The Bertz CT molecular complexity index is 2220. The second-order valence-electron chi connectivity index (χ2n) is 20.4. The number of carbonyl (C=O) groups excluding carboxylic acids is 3. The number of allylic oxidation sites excluding steroid dienone is 26. The average molecular weight is 1260 g/mol. The Kier molecular flexibility index (Phi) is 58.0. The molecule has 0 aliphatic carbocycles. The van der Waals surface area contributed by atoms with Crippen LogP contribution in [0.3, 0.4) is 0 Å². The predicted octanol–water partition coefficient (Wildman–Crippen LogP) is 17.2. The first kappa shape index (κ1) is 82.2. The molecular weight excluding hydrogens is 1150 g/mol. The largest absolute Gasteiger partial charge is 0.472 e. The maximum Gasteiger partial charge on any atom is 0.472 e. The fraction of sp³-hybridized carbons (Fsp3) is 0.580. The van der Waals surface area contributed by atoms with Gasteiger partial charge in [-0.05, 0) is 128 Å². The van der Waals surface area contributed by atoms with Gasteiger partial charge in [-0.1, -0.05) is 211 Å². The number of hydrogen-bond acceptors (Lipinski definition) is 14. The zero-order valence-electron chi connectivity index (χ0n) is 52.9. The van der Waals surface area contributed by atoms with Crippen molar-refractivity contribution in [1.29, 1.82) is 0 Å². The minimum absolute atomic E-state index is 0.0540. The van der Waals surface area contributed by atoms with Crippen molar-refractivity contribution in [2.24, 2.45) is 0 Å². The van der Waals surface area contributed by atoms with E-state index in [9.17, 15) is 43.5 Å². The second-order valence-corrected chi connectivity index (χ2v) is 23.3. The molecule has 0 aromatic rings. The lowest BCUT2D eigenvalue weighted by molar-refractivity contribution is -0.161. The number of phosphoric ester groups is 2. The highest BCUT2D eigenvalue weighted by Crippen LogP contribution is 2.45. The maximum atomic E-state index is 12.9. The number of aliphatic hydroxyl groups is 2. The molecule has 0 spiro atoms. The first-order valence-corrected chi connectivity index (χ1v) is 34.8. The fourth-order valence-corrected chi connectivity index (χ4v) is 9.01. The summed E-state index contributed by atoms with van der Waals surface area (Å²) in [4.78, 5) is 58.2. The number of carbonyl (C=O) groups is 3. The molecule has 0 rings (SSSR count). The van der Waals surface area contributed by atoms with Crippen LogP contribution < -0.4 is 0 Å². The predicted molar refractivity (Wildman–Crippen MR) is 352 cm³/mol. The van der Waals surface area contributed by atoms with E-state index in [0.29, 0.717) is 25.7 Å². The van der Waals surface area contributed by atoms with Gasteiger partial charge in [-0.3, -0.25) is 32.5 Å². The molecule has 0 fully saturated rings.